The normalized spacial score (nSPS) is 24.9. The van der Waals surface area contributed by atoms with Crippen molar-refractivity contribution < 1.29 is 9.53 Å². The molecule has 1 aromatic carbocycles. The molecule has 1 saturated heterocycles. The molecule has 108 valence electrons. The lowest BCUT2D eigenvalue weighted by molar-refractivity contribution is -0.0866. The molecule has 3 nitrogen and oxygen atoms in total. The molecule has 4 heteroatoms. The summed E-state index contributed by atoms with van der Waals surface area (Å²) in [5.74, 6) is 0.295. The lowest BCUT2D eigenvalue weighted by Gasteiger charge is -2.37. The van der Waals surface area contributed by atoms with Crippen molar-refractivity contribution in [1.29, 1.82) is 0 Å². The maximum atomic E-state index is 12.7. The molecule has 2 N–H and O–H groups in total. The van der Waals surface area contributed by atoms with Crippen LogP contribution < -0.4 is 5.73 Å². The van der Waals surface area contributed by atoms with Crippen molar-refractivity contribution in [3.05, 3.63) is 28.2 Å². The molecule has 0 aromatic heterocycles. The van der Waals surface area contributed by atoms with Gasteiger partial charge in [0, 0.05) is 28.2 Å². The molecule has 1 spiro atoms. The van der Waals surface area contributed by atoms with Crippen LogP contribution in [-0.4, -0.2) is 18.0 Å². The van der Waals surface area contributed by atoms with Gasteiger partial charge in [-0.05, 0) is 43.9 Å². The number of halogens is 1. The van der Waals surface area contributed by atoms with Gasteiger partial charge < -0.3 is 10.5 Å². The van der Waals surface area contributed by atoms with E-state index < -0.39 is 0 Å². The van der Waals surface area contributed by atoms with E-state index in [2.05, 4.69) is 15.9 Å². The number of anilines is 1. The van der Waals surface area contributed by atoms with Crippen LogP contribution in [0.3, 0.4) is 0 Å². The molecule has 0 radical (unpaired) electrons. The summed E-state index contributed by atoms with van der Waals surface area (Å²) >= 11 is 3.41. The van der Waals surface area contributed by atoms with Gasteiger partial charge in [-0.2, -0.15) is 0 Å². The molecule has 1 saturated carbocycles. The molecule has 1 unspecified atom stereocenters. The van der Waals surface area contributed by atoms with Gasteiger partial charge in [0.25, 0.3) is 0 Å². The fraction of sp³-hybridized carbons (Fsp3) is 0.562. The number of carbonyl (C=O) groups excluding carboxylic acids is 1. The molecule has 1 aliphatic carbocycles. The van der Waals surface area contributed by atoms with Crippen molar-refractivity contribution in [1.82, 2.24) is 0 Å². The van der Waals surface area contributed by atoms with E-state index >= 15 is 0 Å². The van der Waals surface area contributed by atoms with Gasteiger partial charge in [-0.15, -0.1) is 0 Å². The van der Waals surface area contributed by atoms with Crippen molar-refractivity contribution in [2.75, 3.05) is 12.3 Å². The predicted octanol–water partition coefficient (Wildman–Crippen LogP) is 3.95. The largest absolute Gasteiger partial charge is 0.399 e. The zero-order valence-corrected chi connectivity index (χ0v) is 13.1. The van der Waals surface area contributed by atoms with Gasteiger partial charge in [0.1, 0.15) is 0 Å². The van der Waals surface area contributed by atoms with Crippen LogP contribution in [0.5, 0.6) is 0 Å². The number of hydrogen-bond donors (Lipinski definition) is 1. The Bertz CT molecular complexity index is 503. The molecular formula is C16H20BrNO2. The molecule has 2 aliphatic rings. The highest BCUT2D eigenvalue weighted by Crippen LogP contribution is 2.42. The van der Waals surface area contributed by atoms with Crippen molar-refractivity contribution in [2.45, 2.75) is 44.1 Å². The summed E-state index contributed by atoms with van der Waals surface area (Å²) in [7, 11) is 0. The van der Waals surface area contributed by atoms with Gasteiger partial charge in [0.05, 0.1) is 5.60 Å². The number of rotatable bonds is 2. The zero-order chi connectivity index (χ0) is 14.2. The Labute approximate surface area is 128 Å². The number of hydrogen-bond acceptors (Lipinski definition) is 3. The monoisotopic (exact) mass is 337 g/mol. The average molecular weight is 338 g/mol. The molecule has 1 aromatic rings. The smallest absolute Gasteiger partial charge is 0.166 e. The molecule has 1 atom stereocenters. The highest BCUT2D eigenvalue weighted by atomic mass is 79.9. The number of carbonyl (C=O) groups is 1. The van der Waals surface area contributed by atoms with E-state index in [0.717, 1.165) is 35.7 Å². The van der Waals surface area contributed by atoms with Crippen LogP contribution in [-0.2, 0) is 4.74 Å². The lowest BCUT2D eigenvalue weighted by atomic mass is 9.80. The van der Waals surface area contributed by atoms with Gasteiger partial charge in [-0.3, -0.25) is 4.79 Å². The molecule has 1 heterocycles. The molecule has 0 bridgehead atoms. The predicted molar refractivity (Wildman–Crippen MR) is 82.8 cm³/mol. The van der Waals surface area contributed by atoms with Crippen LogP contribution in [0.15, 0.2) is 22.7 Å². The number of ether oxygens (including phenoxy) is 1. The van der Waals surface area contributed by atoms with Crippen LogP contribution in [0, 0.1) is 5.92 Å². The minimum Gasteiger partial charge on any atom is -0.399 e. The Kier molecular flexibility index (Phi) is 3.87. The highest BCUT2D eigenvalue weighted by molar-refractivity contribution is 9.10. The van der Waals surface area contributed by atoms with Crippen LogP contribution in [0.4, 0.5) is 5.69 Å². The van der Waals surface area contributed by atoms with E-state index in [-0.39, 0.29) is 17.3 Å². The Hall–Kier alpha value is -0.870. The molecule has 20 heavy (non-hydrogen) atoms. The third-order valence-electron chi connectivity index (χ3n) is 4.58. The molecule has 1 aliphatic heterocycles. The summed E-state index contributed by atoms with van der Waals surface area (Å²) in [5, 5.41) is 0. The van der Waals surface area contributed by atoms with E-state index in [9.17, 15) is 4.79 Å². The Morgan fingerprint density at radius 2 is 2.05 bits per heavy atom. The van der Waals surface area contributed by atoms with E-state index in [0.29, 0.717) is 12.3 Å². The number of nitrogens with two attached hydrogens (primary N) is 1. The second-order valence-electron chi connectivity index (χ2n) is 6.07. The van der Waals surface area contributed by atoms with Gasteiger partial charge in [0.15, 0.2) is 5.78 Å². The standard InChI is InChI=1S/C16H20BrNO2/c17-13-7-12(8-14(18)9-13)15(19)11-3-6-20-16(10-11)4-1-2-5-16/h7-9,11H,1-6,10,18H2. The second kappa shape index (κ2) is 5.49. The average Bonchev–Trinajstić information content (AvgIpc) is 2.85. The molecular weight excluding hydrogens is 318 g/mol. The first kappa shape index (κ1) is 14.1. The van der Waals surface area contributed by atoms with Gasteiger partial charge in [0.2, 0.25) is 0 Å². The first-order valence-corrected chi connectivity index (χ1v) is 8.12. The minimum atomic E-state index is -0.0177. The van der Waals surface area contributed by atoms with Crippen LogP contribution >= 0.6 is 15.9 Å². The van der Waals surface area contributed by atoms with Crippen LogP contribution in [0.25, 0.3) is 0 Å². The van der Waals surface area contributed by atoms with E-state index in [1.54, 1.807) is 6.07 Å². The third kappa shape index (κ3) is 2.77. The van der Waals surface area contributed by atoms with Crippen molar-refractivity contribution in [3.8, 4) is 0 Å². The van der Waals surface area contributed by atoms with Gasteiger partial charge in [-0.1, -0.05) is 28.8 Å². The van der Waals surface area contributed by atoms with E-state index in [1.165, 1.54) is 12.8 Å². The van der Waals surface area contributed by atoms with Crippen molar-refractivity contribution >= 4 is 27.4 Å². The third-order valence-corrected chi connectivity index (χ3v) is 5.04. The summed E-state index contributed by atoms with van der Waals surface area (Å²) in [6.45, 7) is 0.708. The molecule has 2 fully saturated rings. The van der Waals surface area contributed by atoms with E-state index in [1.807, 2.05) is 12.1 Å². The fourth-order valence-corrected chi connectivity index (χ4v) is 4.12. The number of nitrogen functional groups attached to an aromatic ring is 1. The number of benzene rings is 1. The van der Waals surface area contributed by atoms with E-state index in [4.69, 9.17) is 10.5 Å². The first-order chi connectivity index (χ1) is 9.58. The summed E-state index contributed by atoms with van der Waals surface area (Å²) in [6, 6.07) is 5.47. The SMILES string of the molecule is Nc1cc(Br)cc(C(=O)C2CCOC3(CCCC3)C2)c1. The molecule has 0 amide bonds. The van der Waals surface area contributed by atoms with Gasteiger partial charge in [-0.25, -0.2) is 0 Å². The highest BCUT2D eigenvalue weighted by Gasteiger charge is 2.42. The summed E-state index contributed by atoms with van der Waals surface area (Å²) in [5.41, 5.74) is 7.17. The Morgan fingerprint density at radius 1 is 1.30 bits per heavy atom. The Balaban J connectivity index is 1.79. The summed E-state index contributed by atoms with van der Waals surface area (Å²) in [6.07, 6.45) is 6.37. The first-order valence-electron chi connectivity index (χ1n) is 7.32. The zero-order valence-electron chi connectivity index (χ0n) is 11.5. The quantitative estimate of drug-likeness (QED) is 0.656. The minimum absolute atomic E-state index is 0.0177. The summed E-state index contributed by atoms with van der Waals surface area (Å²) < 4.78 is 6.87. The van der Waals surface area contributed by atoms with Gasteiger partial charge >= 0.3 is 0 Å². The number of Topliss-reactive ketones (excluding diaryl/α,β-unsaturated/α-hetero) is 1. The Morgan fingerprint density at radius 3 is 2.75 bits per heavy atom. The van der Waals surface area contributed by atoms with Crippen LogP contribution in [0.2, 0.25) is 0 Å². The maximum Gasteiger partial charge on any atom is 0.166 e. The van der Waals surface area contributed by atoms with Crippen molar-refractivity contribution in [3.63, 3.8) is 0 Å². The maximum absolute atomic E-state index is 12.7. The lowest BCUT2D eigenvalue weighted by Crippen LogP contribution is -2.39. The summed E-state index contributed by atoms with van der Waals surface area (Å²) in [4.78, 5) is 12.7. The van der Waals surface area contributed by atoms with Crippen molar-refractivity contribution in [2.24, 2.45) is 5.92 Å². The second-order valence-corrected chi connectivity index (χ2v) is 6.98. The number of ketones is 1. The fourth-order valence-electron chi connectivity index (χ4n) is 3.61. The topological polar surface area (TPSA) is 52.3 Å². The molecule has 3 rings (SSSR count). The van der Waals surface area contributed by atoms with Crippen LogP contribution in [0.1, 0.15) is 48.9 Å².